The number of carbonyl (C=O) groups is 1. The highest BCUT2D eigenvalue weighted by atomic mass is 16.6. The number of ether oxygens (including phenoxy) is 1. The second-order valence-electron chi connectivity index (χ2n) is 10.8. The first-order chi connectivity index (χ1) is 18.0. The topological polar surface area (TPSA) is 94.0 Å². The first-order valence-corrected chi connectivity index (χ1v) is 12.9. The molecule has 0 aliphatic rings. The number of hydrogen-bond acceptors (Lipinski definition) is 5. The van der Waals surface area contributed by atoms with Crippen LogP contribution in [0.25, 0.3) is 0 Å². The second kappa shape index (κ2) is 13.2. The maximum atomic E-state index is 13.0. The highest BCUT2D eigenvalue weighted by Gasteiger charge is 2.33. The summed E-state index contributed by atoms with van der Waals surface area (Å²) in [7, 11) is 1.83. The van der Waals surface area contributed by atoms with E-state index in [1.165, 1.54) is 0 Å². The van der Waals surface area contributed by atoms with Crippen molar-refractivity contribution >= 4 is 12.0 Å². The molecule has 3 atom stereocenters. The van der Waals surface area contributed by atoms with E-state index in [2.05, 4.69) is 10.4 Å². The number of alkyl carbamates (subject to hydrolysis) is 1. The van der Waals surface area contributed by atoms with Crippen LogP contribution in [0, 0.1) is 0 Å². The lowest BCUT2D eigenvalue weighted by Crippen LogP contribution is -2.54. The summed E-state index contributed by atoms with van der Waals surface area (Å²) in [4.78, 5) is 12.7. The zero-order valence-electron chi connectivity index (χ0n) is 22.7. The van der Waals surface area contributed by atoms with Gasteiger partial charge in [0, 0.05) is 17.9 Å². The first-order valence-electron chi connectivity index (χ1n) is 12.9. The average Bonchev–Trinajstić information content (AvgIpc) is 2.84. The fraction of sp³-hybridized carbons (Fsp3) is 0.355. The van der Waals surface area contributed by atoms with Gasteiger partial charge in [0.15, 0.2) is 0 Å². The van der Waals surface area contributed by atoms with Gasteiger partial charge in [-0.3, -0.25) is 0 Å². The van der Waals surface area contributed by atoms with Gasteiger partial charge in [-0.25, -0.2) is 4.79 Å². The fourth-order valence-electron chi connectivity index (χ4n) is 4.33. The predicted octanol–water partition coefficient (Wildman–Crippen LogP) is 4.05. The largest absolute Gasteiger partial charge is 0.858 e. The molecule has 202 valence electrons. The van der Waals surface area contributed by atoms with Gasteiger partial charge in [0.25, 0.3) is 0 Å². The number of nitrogens with one attached hydrogen (secondary N) is 1. The fourth-order valence-corrected chi connectivity index (χ4v) is 4.33. The van der Waals surface area contributed by atoms with E-state index in [0.717, 1.165) is 16.7 Å². The van der Waals surface area contributed by atoms with Crippen molar-refractivity contribution < 1.29 is 24.3 Å². The van der Waals surface area contributed by atoms with E-state index < -0.39 is 23.8 Å². The van der Waals surface area contributed by atoms with Crippen LogP contribution in [0.4, 0.5) is 4.79 Å². The van der Waals surface area contributed by atoms with Crippen LogP contribution in [-0.2, 0) is 24.1 Å². The summed E-state index contributed by atoms with van der Waals surface area (Å²) in [6.45, 7) is 5.90. The third kappa shape index (κ3) is 10.00. The molecule has 0 fully saturated rings. The van der Waals surface area contributed by atoms with Crippen molar-refractivity contribution in [3.63, 3.8) is 0 Å². The number of hydrogen-bond donors (Lipinski definition) is 2. The van der Waals surface area contributed by atoms with Crippen molar-refractivity contribution in [3.8, 4) is 0 Å². The zero-order chi connectivity index (χ0) is 27.6. The predicted molar refractivity (Wildman–Crippen MR) is 148 cm³/mol. The summed E-state index contributed by atoms with van der Waals surface area (Å²) in [5.74, 6) is -0.276. The highest BCUT2D eigenvalue weighted by molar-refractivity contribution is 5.73. The van der Waals surface area contributed by atoms with Crippen LogP contribution >= 0.6 is 0 Å². The Hall–Kier alpha value is -3.68. The van der Waals surface area contributed by atoms with E-state index in [1.54, 1.807) is 20.8 Å². The Morgan fingerprint density at radius 1 is 0.921 bits per heavy atom. The molecule has 0 heterocycles. The molecule has 7 heteroatoms. The van der Waals surface area contributed by atoms with E-state index in [4.69, 9.17) is 4.74 Å². The maximum Gasteiger partial charge on any atom is 0.407 e. The Labute approximate surface area is 226 Å². The van der Waals surface area contributed by atoms with Crippen molar-refractivity contribution in [2.75, 3.05) is 13.6 Å². The SMILES string of the molecule is CC(C)(C)OC(=O)N[C@@H](Cc1ccccc1)[C@@H](O)C[N+](C)(Cc1ccccc1)/N=C(\[O-])Cc1ccccc1. The van der Waals surface area contributed by atoms with Crippen LogP contribution in [0.3, 0.4) is 0 Å². The molecule has 1 unspecified atom stereocenters. The standard InChI is InChI=1S/C31H39N3O4/c1-31(2,3)38-30(37)32-27(20-24-14-8-5-9-15-24)28(35)23-34(4,22-26-18-12-7-13-19-26)33-29(36)21-25-16-10-6-11-17-25/h5-19,27-28,35H,20-23H2,1-4H3,(H-,32,33,36,37)/t27-,28-,34?/m0/s1. The Balaban J connectivity index is 1.86. The number of quaternary nitrogens is 1. The minimum atomic E-state index is -1.01. The molecule has 0 saturated heterocycles. The summed E-state index contributed by atoms with van der Waals surface area (Å²) in [5.41, 5.74) is 2.14. The number of benzene rings is 3. The van der Waals surface area contributed by atoms with Crippen LogP contribution in [0.1, 0.15) is 37.5 Å². The first kappa shape index (κ1) is 28.9. The van der Waals surface area contributed by atoms with Gasteiger partial charge in [-0.05, 0) is 38.3 Å². The molecule has 0 aromatic heterocycles. The lowest BCUT2D eigenvalue weighted by atomic mass is 10.0. The Morgan fingerprint density at radius 3 is 1.95 bits per heavy atom. The van der Waals surface area contributed by atoms with Crippen molar-refractivity contribution in [3.05, 3.63) is 108 Å². The van der Waals surface area contributed by atoms with Gasteiger partial charge in [-0.15, -0.1) is 5.10 Å². The molecule has 38 heavy (non-hydrogen) atoms. The summed E-state index contributed by atoms with van der Waals surface area (Å²) in [5, 5.41) is 31.9. The molecule has 1 amide bonds. The molecule has 0 aliphatic carbocycles. The molecule has 0 saturated carbocycles. The van der Waals surface area contributed by atoms with Crippen molar-refractivity contribution in [1.82, 2.24) is 5.32 Å². The summed E-state index contributed by atoms with van der Waals surface area (Å²) >= 11 is 0. The molecule has 0 spiro atoms. The molecule has 3 aromatic carbocycles. The molecular weight excluding hydrogens is 478 g/mol. The smallest absolute Gasteiger partial charge is 0.407 e. The number of nitrogens with zero attached hydrogens (tertiary/aromatic N) is 2. The van der Waals surface area contributed by atoms with Crippen LogP contribution < -0.4 is 10.4 Å². The lowest BCUT2D eigenvalue weighted by molar-refractivity contribution is -0.933. The number of likely N-dealkylation sites (N-methyl/N-ethyl adjacent to an activating group) is 1. The van der Waals surface area contributed by atoms with Gasteiger partial charge >= 0.3 is 6.09 Å². The van der Waals surface area contributed by atoms with Gasteiger partial charge in [0.1, 0.15) is 24.8 Å². The highest BCUT2D eigenvalue weighted by Crippen LogP contribution is 2.18. The molecule has 7 nitrogen and oxygen atoms in total. The van der Waals surface area contributed by atoms with E-state index in [-0.39, 0.29) is 23.5 Å². The van der Waals surface area contributed by atoms with Crippen LogP contribution in [-0.4, -0.2) is 53.0 Å². The van der Waals surface area contributed by atoms with E-state index in [1.807, 2.05) is 98.0 Å². The van der Waals surface area contributed by atoms with Gasteiger partial charge in [0.05, 0.1) is 13.1 Å². The zero-order valence-corrected chi connectivity index (χ0v) is 22.7. The third-order valence-corrected chi connectivity index (χ3v) is 5.96. The number of amides is 1. The minimum absolute atomic E-state index is 0.0713. The van der Waals surface area contributed by atoms with Crippen LogP contribution in [0.5, 0.6) is 0 Å². The Morgan fingerprint density at radius 2 is 1.42 bits per heavy atom. The normalized spacial score (nSPS) is 15.2. The minimum Gasteiger partial charge on any atom is -0.858 e. The molecule has 2 N–H and O–H groups in total. The van der Waals surface area contributed by atoms with Gasteiger partial charge in [0.2, 0.25) is 0 Å². The van der Waals surface area contributed by atoms with Crippen molar-refractivity contribution in [2.45, 2.75) is 57.9 Å². The number of rotatable bonds is 11. The van der Waals surface area contributed by atoms with Crippen LogP contribution in [0.15, 0.2) is 96.1 Å². The molecular formula is C31H39N3O4. The van der Waals surface area contributed by atoms with Crippen molar-refractivity contribution in [2.24, 2.45) is 5.10 Å². The quantitative estimate of drug-likeness (QED) is 0.174. The number of aliphatic hydroxyl groups is 1. The van der Waals surface area contributed by atoms with Gasteiger partial charge in [-0.2, -0.15) is 4.59 Å². The number of carbonyl (C=O) groups excluding carboxylic acids is 1. The molecule has 0 bridgehead atoms. The summed E-state index contributed by atoms with van der Waals surface area (Å²) in [6, 6.07) is 28.2. The lowest BCUT2D eigenvalue weighted by Gasteiger charge is -2.35. The summed E-state index contributed by atoms with van der Waals surface area (Å²) < 4.78 is 5.40. The van der Waals surface area contributed by atoms with Gasteiger partial charge < -0.3 is 20.3 Å². The maximum absolute atomic E-state index is 13.0. The van der Waals surface area contributed by atoms with E-state index >= 15 is 0 Å². The van der Waals surface area contributed by atoms with Gasteiger partial charge in [-0.1, -0.05) is 91.0 Å². The number of aliphatic hydroxyl groups excluding tert-OH is 1. The molecule has 3 rings (SSSR count). The van der Waals surface area contributed by atoms with E-state index in [0.29, 0.717) is 13.0 Å². The third-order valence-electron chi connectivity index (χ3n) is 5.96. The molecule has 3 aromatic rings. The second-order valence-corrected chi connectivity index (χ2v) is 10.8. The Kier molecular flexibility index (Phi) is 10.0. The average molecular weight is 518 g/mol. The van der Waals surface area contributed by atoms with Crippen molar-refractivity contribution in [1.29, 1.82) is 0 Å². The van der Waals surface area contributed by atoms with E-state index in [9.17, 15) is 15.0 Å². The Bertz CT molecular complexity index is 1160. The van der Waals surface area contributed by atoms with Crippen LogP contribution in [0.2, 0.25) is 0 Å². The molecule has 0 radical (unpaired) electrons. The molecule has 0 aliphatic heterocycles. The monoisotopic (exact) mass is 517 g/mol. The summed E-state index contributed by atoms with van der Waals surface area (Å²) in [6.07, 6.45) is -1.05.